The molecule has 0 saturated carbocycles. The van der Waals surface area contributed by atoms with Gasteiger partial charge in [0.05, 0.1) is 12.3 Å². The standard InChI is InChI=1S/C11H16N2O/c1-8-5-9(2)11(13-6-8)10-7-12-3-4-14-10/h5-6,10,12H,3-4,7H2,1-2H3. The smallest absolute Gasteiger partial charge is 0.112 e. The largest absolute Gasteiger partial charge is 0.369 e. The molecule has 1 unspecified atom stereocenters. The number of nitrogens with one attached hydrogen (secondary N) is 1. The maximum atomic E-state index is 5.66. The Morgan fingerprint density at radius 3 is 3.00 bits per heavy atom. The fraction of sp³-hybridized carbons (Fsp3) is 0.545. The van der Waals surface area contributed by atoms with E-state index >= 15 is 0 Å². The van der Waals surface area contributed by atoms with Crippen molar-refractivity contribution in [2.45, 2.75) is 20.0 Å². The van der Waals surface area contributed by atoms with Crippen LogP contribution in [0.25, 0.3) is 0 Å². The summed E-state index contributed by atoms with van der Waals surface area (Å²) < 4.78 is 5.66. The number of pyridine rings is 1. The van der Waals surface area contributed by atoms with Crippen molar-refractivity contribution in [3.05, 3.63) is 29.1 Å². The SMILES string of the molecule is Cc1cnc(C2CNCCO2)c(C)c1. The third-order valence-electron chi connectivity index (χ3n) is 2.49. The molecule has 0 aromatic carbocycles. The van der Waals surface area contributed by atoms with Gasteiger partial charge in [0.1, 0.15) is 6.10 Å². The Morgan fingerprint density at radius 1 is 1.50 bits per heavy atom. The fourth-order valence-electron chi connectivity index (χ4n) is 1.80. The fourth-order valence-corrected chi connectivity index (χ4v) is 1.80. The van der Waals surface area contributed by atoms with Crippen LogP contribution in [0.5, 0.6) is 0 Å². The Balaban J connectivity index is 2.22. The highest BCUT2D eigenvalue weighted by molar-refractivity contribution is 5.25. The molecule has 1 saturated heterocycles. The average molecular weight is 192 g/mol. The molecule has 1 atom stereocenters. The minimum absolute atomic E-state index is 0.129. The molecular weight excluding hydrogens is 176 g/mol. The second kappa shape index (κ2) is 4.07. The predicted octanol–water partition coefficient (Wildman–Crippen LogP) is 1.36. The maximum absolute atomic E-state index is 5.66. The minimum atomic E-state index is 0.129. The lowest BCUT2D eigenvalue weighted by atomic mass is 10.1. The number of aryl methyl sites for hydroxylation is 2. The van der Waals surface area contributed by atoms with Crippen LogP contribution in [0.15, 0.2) is 12.3 Å². The Labute approximate surface area is 84.5 Å². The van der Waals surface area contributed by atoms with E-state index in [1.165, 1.54) is 11.1 Å². The van der Waals surface area contributed by atoms with E-state index in [9.17, 15) is 0 Å². The zero-order valence-electron chi connectivity index (χ0n) is 8.71. The van der Waals surface area contributed by atoms with E-state index in [1.54, 1.807) is 0 Å². The lowest BCUT2D eigenvalue weighted by Gasteiger charge is -2.24. The van der Waals surface area contributed by atoms with Crippen molar-refractivity contribution in [3.63, 3.8) is 0 Å². The van der Waals surface area contributed by atoms with Gasteiger partial charge >= 0.3 is 0 Å². The summed E-state index contributed by atoms with van der Waals surface area (Å²) in [6.45, 7) is 6.75. The quantitative estimate of drug-likeness (QED) is 0.729. The topological polar surface area (TPSA) is 34.2 Å². The molecule has 14 heavy (non-hydrogen) atoms. The number of aromatic nitrogens is 1. The molecule has 1 aromatic heterocycles. The number of hydrogen-bond acceptors (Lipinski definition) is 3. The molecule has 1 aliphatic heterocycles. The predicted molar refractivity (Wildman–Crippen MR) is 55.3 cm³/mol. The van der Waals surface area contributed by atoms with E-state index in [4.69, 9.17) is 4.74 Å². The number of morpholine rings is 1. The lowest BCUT2D eigenvalue weighted by Crippen LogP contribution is -2.34. The van der Waals surface area contributed by atoms with E-state index < -0.39 is 0 Å². The number of ether oxygens (including phenoxy) is 1. The van der Waals surface area contributed by atoms with Gasteiger partial charge in [0.25, 0.3) is 0 Å². The van der Waals surface area contributed by atoms with Crippen LogP contribution in [-0.2, 0) is 4.74 Å². The van der Waals surface area contributed by atoms with Gasteiger partial charge in [-0.3, -0.25) is 4.98 Å². The highest BCUT2D eigenvalue weighted by Crippen LogP contribution is 2.20. The van der Waals surface area contributed by atoms with Gasteiger partial charge < -0.3 is 10.1 Å². The van der Waals surface area contributed by atoms with Crippen LogP contribution < -0.4 is 5.32 Å². The first kappa shape index (κ1) is 9.62. The normalized spacial score (nSPS) is 22.3. The van der Waals surface area contributed by atoms with Gasteiger partial charge in [0.2, 0.25) is 0 Å². The molecule has 0 amide bonds. The van der Waals surface area contributed by atoms with Gasteiger partial charge in [-0.2, -0.15) is 0 Å². The highest BCUT2D eigenvalue weighted by Gasteiger charge is 2.18. The van der Waals surface area contributed by atoms with Crippen molar-refractivity contribution in [1.82, 2.24) is 10.3 Å². The second-order valence-electron chi connectivity index (χ2n) is 3.78. The third-order valence-corrected chi connectivity index (χ3v) is 2.49. The molecule has 0 aliphatic carbocycles. The lowest BCUT2D eigenvalue weighted by molar-refractivity contribution is 0.0246. The molecule has 3 nitrogen and oxygen atoms in total. The van der Waals surface area contributed by atoms with Crippen molar-refractivity contribution in [1.29, 1.82) is 0 Å². The van der Waals surface area contributed by atoms with Crippen molar-refractivity contribution >= 4 is 0 Å². The van der Waals surface area contributed by atoms with Crippen molar-refractivity contribution in [2.75, 3.05) is 19.7 Å². The van der Waals surface area contributed by atoms with Gasteiger partial charge in [-0.25, -0.2) is 0 Å². The minimum Gasteiger partial charge on any atom is -0.369 e. The zero-order chi connectivity index (χ0) is 9.97. The van der Waals surface area contributed by atoms with Crippen LogP contribution in [0.3, 0.4) is 0 Å². The summed E-state index contributed by atoms with van der Waals surface area (Å²) in [5, 5.41) is 3.31. The first-order valence-corrected chi connectivity index (χ1v) is 5.03. The summed E-state index contributed by atoms with van der Waals surface area (Å²) in [5.41, 5.74) is 3.50. The number of hydrogen-bond donors (Lipinski definition) is 1. The maximum Gasteiger partial charge on any atom is 0.112 e. The van der Waals surface area contributed by atoms with Crippen LogP contribution in [0.4, 0.5) is 0 Å². The highest BCUT2D eigenvalue weighted by atomic mass is 16.5. The van der Waals surface area contributed by atoms with Crippen LogP contribution in [0.1, 0.15) is 22.9 Å². The van der Waals surface area contributed by atoms with E-state index in [1.807, 2.05) is 6.20 Å². The van der Waals surface area contributed by atoms with Crippen LogP contribution >= 0.6 is 0 Å². The number of rotatable bonds is 1. The molecule has 76 valence electrons. The van der Waals surface area contributed by atoms with Crippen molar-refractivity contribution in [2.24, 2.45) is 0 Å². The van der Waals surface area contributed by atoms with Crippen LogP contribution in [-0.4, -0.2) is 24.7 Å². The second-order valence-corrected chi connectivity index (χ2v) is 3.78. The van der Waals surface area contributed by atoms with Gasteiger partial charge in [-0.1, -0.05) is 6.07 Å². The van der Waals surface area contributed by atoms with E-state index in [-0.39, 0.29) is 6.10 Å². The third kappa shape index (κ3) is 1.94. The zero-order valence-corrected chi connectivity index (χ0v) is 8.71. The summed E-state index contributed by atoms with van der Waals surface area (Å²) in [6, 6.07) is 2.15. The summed E-state index contributed by atoms with van der Waals surface area (Å²) in [6.07, 6.45) is 2.03. The first-order chi connectivity index (χ1) is 6.77. The van der Waals surface area contributed by atoms with E-state index in [2.05, 4.69) is 30.2 Å². The molecule has 2 heterocycles. The molecule has 1 N–H and O–H groups in total. The Kier molecular flexibility index (Phi) is 2.79. The average Bonchev–Trinajstić information content (AvgIpc) is 2.19. The monoisotopic (exact) mass is 192 g/mol. The van der Waals surface area contributed by atoms with Crippen LogP contribution in [0.2, 0.25) is 0 Å². The molecule has 1 aromatic rings. The van der Waals surface area contributed by atoms with Gasteiger partial charge in [-0.05, 0) is 25.0 Å². The van der Waals surface area contributed by atoms with Crippen molar-refractivity contribution < 1.29 is 4.74 Å². The molecule has 1 aliphatic rings. The molecule has 1 fully saturated rings. The van der Waals surface area contributed by atoms with E-state index in [0.29, 0.717) is 0 Å². The molecule has 0 bridgehead atoms. The van der Waals surface area contributed by atoms with Gasteiger partial charge in [-0.15, -0.1) is 0 Å². The van der Waals surface area contributed by atoms with Crippen LogP contribution in [0, 0.1) is 13.8 Å². The molecule has 3 heteroatoms. The Bertz CT molecular complexity index is 319. The molecular formula is C11H16N2O. The first-order valence-electron chi connectivity index (χ1n) is 5.03. The van der Waals surface area contributed by atoms with Gasteiger partial charge in [0, 0.05) is 19.3 Å². The van der Waals surface area contributed by atoms with E-state index in [0.717, 1.165) is 25.4 Å². The number of nitrogens with zero attached hydrogens (tertiary/aromatic N) is 1. The van der Waals surface area contributed by atoms with Gasteiger partial charge in [0.15, 0.2) is 0 Å². The Hall–Kier alpha value is -0.930. The molecule has 0 spiro atoms. The summed E-state index contributed by atoms with van der Waals surface area (Å²) >= 11 is 0. The molecule has 0 radical (unpaired) electrons. The van der Waals surface area contributed by atoms with Crippen molar-refractivity contribution in [3.8, 4) is 0 Å². The summed E-state index contributed by atoms with van der Waals surface area (Å²) in [5.74, 6) is 0. The Morgan fingerprint density at radius 2 is 2.36 bits per heavy atom. The summed E-state index contributed by atoms with van der Waals surface area (Å²) in [4.78, 5) is 4.44. The molecule has 2 rings (SSSR count). The summed E-state index contributed by atoms with van der Waals surface area (Å²) in [7, 11) is 0.